The van der Waals surface area contributed by atoms with Gasteiger partial charge in [0, 0.05) is 18.0 Å². The van der Waals surface area contributed by atoms with E-state index in [1.807, 2.05) is 12.3 Å². The molecule has 4 heteroatoms. The molecule has 0 saturated carbocycles. The van der Waals surface area contributed by atoms with Crippen LogP contribution in [0.2, 0.25) is 0 Å². The maximum atomic E-state index is 8.64. The Morgan fingerprint density at radius 1 is 1.69 bits per heavy atom. The van der Waals surface area contributed by atoms with Gasteiger partial charge in [-0.05, 0) is 26.7 Å². The van der Waals surface area contributed by atoms with Crippen LogP contribution in [-0.2, 0) is 0 Å². The van der Waals surface area contributed by atoms with Crippen molar-refractivity contribution in [1.82, 2.24) is 4.98 Å². The Hall–Kier alpha value is -0.610. The first-order chi connectivity index (χ1) is 6.22. The number of anilines is 1. The molecule has 2 N–H and O–H groups in total. The molecule has 1 aromatic rings. The topological polar surface area (TPSA) is 45.1 Å². The van der Waals surface area contributed by atoms with E-state index in [0.29, 0.717) is 6.04 Å². The van der Waals surface area contributed by atoms with Gasteiger partial charge in [-0.15, -0.1) is 11.3 Å². The van der Waals surface area contributed by atoms with Crippen molar-refractivity contribution >= 4 is 16.5 Å². The molecular formula is C9H16N2OS. The molecule has 0 spiro atoms. The van der Waals surface area contributed by atoms with E-state index >= 15 is 0 Å². The molecule has 74 valence electrons. The average molecular weight is 200 g/mol. The Morgan fingerprint density at radius 2 is 2.46 bits per heavy atom. The molecule has 0 fully saturated rings. The minimum atomic E-state index is 0.267. The number of hydrogen-bond acceptors (Lipinski definition) is 4. The highest BCUT2D eigenvalue weighted by atomic mass is 32.1. The molecule has 0 radical (unpaired) electrons. The van der Waals surface area contributed by atoms with E-state index in [1.54, 1.807) is 11.3 Å². The first-order valence-corrected chi connectivity index (χ1v) is 5.40. The summed E-state index contributed by atoms with van der Waals surface area (Å²) in [5.41, 5.74) is 1.06. The Labute approximate surface area is 82.8 Å². The number of nitrogens with zero attached hydrogens (tertiary/aromatic N) is 1. The molecule has 0 aliphatic rings. The zero-order valence-electron chi connectivity index (χ0n) is 8.08. The lowest BCUT2D eigenvalue weighted by Gasteiger charge is -2.11. The van der Waals surface area contributed by atoms with Crippen LogP contribution < -0.4 is 5.32 Å². The number of thiazole rings is 1. The third kappa shape index (κ3) is 3.74. The van der Waals surface area contributed by atoms with Crippen molar-refractivity contribution in [3.05, 3.63) is 11.1 Å². The van der Waals surface area contributed by atoms with Gasteiger partial charge in [0.15, 0.2) is 5.13 Å². The summed E-state index contributed by atoms with van der Waals surface area (Å²) in [6.45, 7) is 4.36. The van der Waals surface area contributed by atoms with Crippen LogP contribution in [0.15, 0.2) is 5.38 Å². The molecule has 0 aliphatic heterocycles. The molecule has 0 aliphatic carbocycles. The second kappa shape index (κ2) is 5.19. The predicted molar refractivity (Wildman–Crippen MR) is 56.3 cm³/mol. The molecule has 1 atom stereocenters. The van der Waals surface area contributed by atoms with Gasteiger partial charge in [-0.25, -0.2) is 4.98 Å². The van der Waals surface area contributed by atoms with Crippen LogP contribution in [0.5, 0.6) is 0 Å². The zero-order chi connectivity index (χ0) is 9.68. The highest BCUT2D eigenvalue weighted by molar-refractivity contribution is 7.13. The summed E-state index contributed by atoms with van der Waals surface area (Å²) in [7, 11) is 0. The number of aryl methyl sites for hydroxylation is 1. The van der Waals surface area contributed by atoms with Crippen LogP contribution >= 0.6 is 11.3 Å². The van der Waals surface area contributed by atoms with Gasteiger partial charge in [0.05, 0.1) is 5.69 Å². The summed E-state index contributed by atoms with van der Waals surface area (Å²) in [4.78, 5) is 4.30. The number of aliphatic hydroxyl groups excluding tert-OH is 1. The van der Waals surface area contributed by atoms with E-state index in [2.05, 4.69) is 17.2 Å². The van der Waals surface area contributed by atoms with E-state index in [9.17, 15) is 0 Å². The van der Waals surface area contributed by atoms with Gasteiger partial charge >= 0.3 is 0 Å². The highest BCUT2D eigenvalue weighted by Gasteiger charge is 2.03. The van der Waals surface area contributed by atoms with E-state index in [1.165, 1.54) is 0 Å². The average Bonchev–Trinajstić information content (AvgIpc) is 2.48. The largest absolute Gasteiger partial charge is 0.396 e. The van der Waals surface area contributed by atoms with Crippen LogP contribution in [0.25, 0.3) is 0 Å². The highest BCUT2D eigenvalue weighted by Crippen LogP contribution is 2.16. The fourth-order valence-corrected chi connectivity index (χ4v) is 1.90. The van der Waals surface area contributed by atoms with E-state index in [-0.39, 0.29) is 6.61 Å². The molecule has 1 rings (SSSR count). The quantitative estimate of drug-likeness (QED) is 0.764. The molecule has 1 aromatic heterocycles. The predicted octanol–water partition coefficient (Wildman–Crippen LogP) is 2.02. The van der Waals surface area contributed by atoms with Crippen molar-refractivity contribution in [1.29, 1.82) is 0 Å². The Balaban J connectivity index is 2.31. The third-order valence-corrected chi connectivity index (χ3v) is 2.68. The second-order valence-electron chi connectivity index (χ2n) is 3.21. The van der Waals surface area contributed by atoms with Crippen LogP contribution in [0, 0.1) is 6.92 Å². The SMILES string of the molecule is Cc1csc(NC(C)CCCO)n1. The molecule has 0 bridgehead atoms. The summed E-state index contributed by atoms with van der Waals surface area (Å²) < 4.78 is 0. The lowest BCUT2D eigenvalue weighted by molar-refractivity contribution is 0.282. The molecule has 0 amide bonds. The number of aliphatic hydroxyl groups is 1. The fourth-order valence-electron chi connectivity index (χ4n) is 1.10. The Kier molecular flexibility index (Phi) is 4.18. The standard InChI is InChI=1S/C9H16N2OS/c1-7(4-3-5-12)10-9-11-8(2)6-13-9/h6-7,12H,3-5H2,1-2H3,(H,10,11). The number of aromatic nitrogens is 1. The van der Waals surface area contributed by atoms with Crippen LogP contribution in [0.1, 0.15) is 25.5 Å². The maximum absolute atomic E-state index is 8.64. The van der Waals surface area contributed by atoms with Gasteiger partial charge in [0.1, 0.15) is 0 Å². The van der Waals surface area contributed by atoms with E-state index in [4.69, 9.17) is 5.11 Å². The minimum Gasteiger partial charge on any atom is -0.396 e. The normalized spacial score (nSPS) is 12.8. The molecule has 1 unspecified atom stereocenters. The number of rotatable bonds is 5. The van der Waals surface area contributed by atoms with Crippen LogP contribution in [0.4, 0.5) is 5.13 Å². The fraction of sp³-hybridized carbons (Fsp3) is 0.667. The monoisotopic (exact) mass is 200 g/mol. The van der Waals surface area contributed by atoms with Crippen LogP contribution in [0.3, 0.4) is 0 Å². The Morgan fingerprint density at radius 3 is 3.00 bits per heavy atom. The van der Waals surface area contributed by atoms with Crippen molar-refractivity contribution < 1.29 is 5.11 Å². The third-order valence-electron chi connectivity index (χ3n) is 1.78. The maximum Gasteiger partial charge on any atom is 0.183 e. The lowest BCUT2D eigenvalue weighted by atomic mass is 10.2. The van der Waals surface area contributed by atoms with Gasteiger partial charge in [-0.1, -0.05) is 0 Å². The van der Waals surface area contributed by atoms with Crippen molar-refractivity contribution in [2.75, 3.05) is 11.9 Å². The van der Waals surface area contributed by atoms with Gasteiger partial charge in [0.2, 0.25) is 0 Å². The van der Waals surface area contributed by atoms with E-state index in [0.717, 1.165) is 23.7 Å². The number of hydrogen-bond donors (Lipinski definition) is 2. The molecule has 3 nitrogen and oxygen atoms in total. The lowest BCUT2D eigenvalue weighted by Crippen LogP contribution is -2.15. The summed E-state index contributed by atoms with van der Waals surface area (Å²) >= 11 is 1.63. The zero-order valence-corrected chi connectivity index (χ0v) is 8.90. The molecule has 0 saturated heterocycles. The second-order valence-corrected chi connectivity index (χ2v) is 4.06. The first-order valence-electron chi connectivity index (χ1n) is 4.52. The summed E-state index contributed by atoms with van der Waals surface area (Å²) in [6.07, 6.45) is 1.83. The van der Waals surface area contributed by atoms with Gasteiger partial charge in [0.25, 0.3) is 0 Å². The van der Waals surface area contributed by atoms with Crippen molar-refractivity contribution in [3.8, 4) is 0 Å². The smallest absolute Gasteiger partial charge is 0.183 e. The summed E-state index contributed by atoms with van der Waals surface area (Å²) in [5.74, 6) is 0. The first kappa shape index (κ1) is 10.5. The molecule has 13 heavy (non-hydrogen) atoms. The van der Waals surface area contributed by atoms with Gasteiger partial charge in [-0.3, -0.25) is 0 Å². The summed E-state index contributed by atoms with van der Waals surface area (Å²) in [5, 5.41) is 14.9. The van der Waals surface area contributed by atoms with Crippen molar-refractivity contribution in [2.24, 2.45) is 0 Å². The van der Waals surface area contributed by atoms with Crippen LogP contribution in [-0.4, -0.2) is 22.7 Å². The van der Waals surface area contributed by atoms with E-state index < -0.39 is 0 Å². The molecule has 0 aromatic carbocycles. The van der Waals surface area contributed by atoms with Gasteiger partial charge in [-0.2, -0.15) is 0 Å². The molecular weight excluding hydrogens is 184 g/mol. The van der Waals surface area contributed by atoms with Crippen molar-refractivity contribution in [3.63, 3.8) is 0 Å². The Bertz CT molecular complexity index is 250. The molecule has 1 heterocycles. The summed E-state index contributed by atoms with van der Waals surface area (Å²) in [6, 6.07) is 0.387. The minimum absolute atomic E-state index is 0.267. The number of nitrogens with one attached hydrogen (secondary N) is 1. The van der Waals surface area contributed by atoms with Crippen molar-refractivity contribution in [2.45, 2.75) is 32.7 Å². The van der Waals surface area contributed by atoms with Gasteiger partial charge < -0.3 is 10.4 Å².